The van der Waals surface area contributed by atoms with Gasteiger partial charge in [-0.2, -0.15) is 0 Å². The zero-order chi connectivity index (χ0) is 14.8. The van der Waals surface area contributed by atoms with Gasteiger partial charge in [0, 0.05) is 18.2 Å². The van der Waals surface area contributed by atoms with Crippen molar-refractivity contribution in [2.24, 2.45) is 0 Å². The van der Waals surface area contributed by atoms with Gasteiger partial charge in [0.25, 0.3) is 10.0 Å². The Labute approximate surface area is 119 Å². The van der Waals surface area contributed by atoms with E-state index in [1.165, 1.54) is 6.07 Å². The SMILES string of the molecule is CC(C)(C)NCc1ccc(S(=O)(=O)NC2CCOC2)o1. The van der Waals surface area contributed by atoms with Gasteiger partial charge in [0.2, 0.25) is 5.09 Å². The van der Waals surface area contributed by atoms with Crippen LogP contribution in [-0.2, 0) is 21.3 Å². The Bertz CT molecular complexity index is 539. The van der Waals surface area contributed by atoms with E-state index in [0.29, 0.717) is 31.9 Å². The first-order valence-electron chi connectivity index (χ1n) is 6.70. The Balaban J connectivity index is 1.99. The molecule has 1 saturated heterocycles. The van der Waals surface area contributed by atoms with Gasteiger partial charge in [-0.3, -0.25) is 0 Å². The molecule has 1 unspecified atom stereocenters. The van der Waals surface area contributed by atoms with Crippen molar-refractivity contribution in [2.75, 3.05) is 13.2 Å². The molecule has 2 rings (SSSR count). The number of rotatable bonds is 5. The summed E-state index contributed by atoms with van der Waals surface area (Å²) in [6.45, 7) is 7.61. The van der Waals surface area contributed by atoms with Gasteiger partial charge < -0.3 is 14.5 Å². The Morgan fingerprint density at radius 1 is 1.35 bits per heavy atom. The highest BCUT2D eigenvalue weighted by atomic mass is 32.2. The molecule has 1 fully saturated rings. The van der Waals surface area contributed by atoms with Gasteiger partial charge in [0.1, 0.15) is 5.76 Å². The normalized spacial score (nSPS) is 20.4. The van der Waals surface area contributed by atoms with E-state index in [1.54, 1.807) is 6.07 Å². The van der Waals surface area contributed by atoms with E-state index in [-0.39, 0.29) is 16.7 Å². The minimum Gasteiger partial charge on any atom is -0.447 e. The topological polar surface area (TPSA) is 80.6 Å². The molecule has 1 aromatic rings. The first-order chi connectivity index (χ1) is 9.26. The molecule has 2 heterocycles. The van der Waals surface area contributed by atoms with Gasteiger partial charge >= 0.3 is 0 Å². The number of nitrogens with one attached hydrogen (secondary N) is 2. The fourth-order valence-corrected chi connectivity index (χ4v) is 3.06. The predicted molar refractivity (Wildman–Crippen MR) is 74.8 cm³/mol. The fraction of sp³-hybridized carbons (Fsp3) is 0.692. The van der Waals surface area contributed by atoms with Gasteiger partial charge in [-0.15, -0.1) is 0 Å². The maximum absolute atomic E-state index is 12.1. The molecule has 0 radical (unpaired) electrons. The molecule has 1 atom stereocenters. The molecular formula is C13H22N2O4S. The van der Waals surface area contributed by atoms with Crippen molar-refractivity contribution in [3.05, 3.63) is 17.9 Å². The minimum atomic E-state index is -3.60. The van der Waals surface area contributed by atoms with E-state index in [2.05, 4.69) is 10.0 Å². The number of ether oxygens (including phenoxy) is 1. The molecule has 0 saturated carbocycles. The molecule has 7 heteroatoms. The average Bonchev–Trinajstić information content (AvgIpc) is 2.95. The Morgan fingerprint density at radius 3 is 2.70 bits per heavy atom. The lowest BCUT2D eigenvalue weighted by atomic mass is 10.1. The van der Waals surface area contributed by atoms with Gasteiger partial charge in [0.05, 0.1) is 13.2 Å². The van der Waals surface area contributed by atoms with Crippen molar-refractivity contribution in [3.63, 3.8) is 0 Å². The van der Waals surface area contributed by atoms with Crippen molar-refractivity contribution in [1.29, 1.82) is 0 Å². The summed E-state index contributed by atoms with van der Waals surface area (Å²) in [6.07, 6.45) is 0.693. The smallest absolute Gasteiger partial charge is 0.274 e. The quantitative estimate of drug-likeness (QED) is 0.855. The average molecular weight is 302 g/mol. The molecule has 0 bridgehead atoms. The molecule has 6 nitrogen and oxygen atoms in total. The maximum Gasteiger partial charge on any atom is 0.274 e. The van der Waals surface area contributed by atoms with Crippen LogP contribution in [0.3, 0.4) is 0 Å². The fourth-order valence-electron chi connectivity index (χ4n) is 1.85. The molecule has 114 valence electrons. The van der Waals surface area contributed by atoms with Crippen LogP contribution >= 0.6 is 0 Å². The molecule has 0 aromatic carbocycles. The third-order valence-corrected chi connectivity index (χ3v) is 4.34. The number of hydrogen-bond acceptors (Lipinski definition) is 5. The van der Waals surface area contributed by atoms with Crippen LogP contribution < -0.4 is 10.0 Å². The lowest BCUT2D eigenvalue weighted by Crippen LogP contribution is -2.35. The summed E-state index contributed by atoms with van der Waals surface area (Å²) in [6, 6.07) is 3.00. The van der Waals surface area contributed by atoms with E-state index in [0.717, 1.165) is 0 Å². The van der Waals surface area contributed by atoms with Crippen LogP contribution in [0.1, 0.15) is 33.0 Å². The molecular weight excluding hydrogens is 280 g/mol. The predicted octanol–water partition coefficient (Wildman–Crippen LogP) is 1.23. The van der Waals surface area contributed by atoms with E-state index < -0.39 is 10.0 Å². The van der Waals surface area contributed by atoms with E-state index in [1.807, 2.05) is 20.8 Å². The number of hydrogen-bond donors (Lipinski definition) is 2. The number of sulfonamides is 1. The largest absolute Gasteiger partial charge is 0.447 e. The van der Waals surface area contributed by atoms with Crippen molar-refractivity contribution < 1.29 is 17.6 Å². The second-order valence-corrected chi connectivity index (χ2v) is 7.65. The highest BCUT2D eigenvalue weighted by Gasteiger charge is 2.26. The molecule has 1 aromatic heterocycles. The van der Waals surface area contributed by atoms with E-state index in [9.17, 15) is 8.42 Å². The third-order valence-electron chi connectivity index (χ3n) is 2.95. The van der Waals surface area contributed by atoms with Gasteiger partial charge in [-0.25, -0.2) is 13.1 Å². The molecule has 0 spiro atoms. The van der Waals surface area contributed by atoms with Crippen LogP contribution in [0.5, 0.6) is 0 Å². The highest BCUT2D eigenvalue weighted by molar-refractivity contribution is 7.89. The van der Waals surface area contributed by atoms with Crippen LogP contribution in [0.15, 0.2) is 21.6 Å². The van der Waals surface area contributed by atoms with Crippen molar-refractivity contribution in [3.8, 4) is 0 Å². The van der Waals surface area contributed by atoms with Crippen molar-refractivity contribution in [1.82, 2.24) is 10.0 Å². The van der Waals surface area contributed by atoms with Crippen LogP contribution in [0, 0.1) is 0 Å². The lowest BCUT2D eigenvalue weighted by Gasteiger charge is -2.19. The van der Waals surface area contributed by atoms with Crippen LogP contribution in [-0.4, -0.2) is 33.2 Å². The molecule has 1 aliphatic heterocycles. The van der Waals surface area contributed by atoms with Gasteiger partial charge in [-0.1, -0.05) is 0 Å². The molecule has 20 heavy (non-hydrogen) atoms. The summed E-state index contributed by atoms with van der Waals surface area (Å²) in [5.41, 5.74) is -0.0503. The first kappa shape index (κ1) is 15.5. The van der Waals surface area contributed by atoms with E-state index in [4.69, 9.17) is 9.15 Å². The lowest BCUT2D eigenvalue weighted by molar-refractivity contribution is 0.192. The van der Waals surface area contributed by atoms with Crippen LogP contribution in [0.4, 0.5) is 0 Å². The second kappa shape index (κ2) is 5.85. The molecule has 2 N–H and O–H groups in total. The monoisotopic (exact) mass is 302 g/mol. The van der Waals surface area contributed by atoms with Crippen molar-refractivity contribution >= 4 is 10.0 Å². The zero-order valence-electron chi connectivity index (χ0n) is 12.1. The standard InChI is InChI=1S/C13H22N2O4S/c1-13(2,3)14-8-11-4-5-12(19-11)20(16,17)15-10-6-7-18-9-10/h4-5,10,14-15H,6-9H2,1-3H3. The van der Waals surface area contributed by atoms with Crippen LogP contribution in [0.25, 0.3) is 0 Å². The zero-order valence-corrected chi connectivity index (χ0v) is 12.9. The third kappa shape index (κ3) is 4.31. The summed E-state index contributed by atoms with van der Waals surface area (Å²) < 4.78 is 37.4. The summed E-state index contributed by atoms with van der Waals surface area (Å²) in [4.78, 5) is 0. The summed E-state index contributed by atoms with van der Waals surface area (Å²) in [5, 5.41) is 3.20. The molecule has 1 aliphatic rings. The second-order valence-electron chi connectivity index (χ2n) is 6.01. The Hall–Kier alpha value is -0.890. The first-order valence-corrected chi connectivity index (χ1v) is 8.18. The Kier molecular flexibility index (Phi) is 4.53. The Morgan fingerprint density at radius 2 is 2.10 bits per heavy atom. The van der Waals surface area contributed by atoms with Crippen LogP contribution in [0.2, 0.25) is 0 Å². The van der Waals surface area contributed by atoms with Crippen molar-refractivity contribution in [2.45, 2.75) is 50.4 Å². The molecule has 0 aliphatic carbocycles. The summed E-state index contributed by atoms with van der Waals surface area (Å²) in [7, 11) is -3.60. The number of furan rings is 1. The minimum absolute atomic E-state index is 0.0462. The van der Waals surface area contributed by atoms with Gasteiger partial charge in [-0.05, 0) is 39.3 Å². The molecule has 0 amide bonds. The summed E-state index contributed by atoms with van der Waals surface area (Å²) in [5.74, 6) is 0.600. The highest BCUT2D eigenvalue weighted by Crippen LogP contribution is 2.16. The van der Waals surface area contributed by atoms with E-state index >= 15 is 0 Å². The maximum atomic E-state index is 12.1. The summed E-state index contributed by atoms with van der Waals surface area (Å²) >= 11 is 0. The van der Waals surface area contributed by atoms with Gasteiger partial charge in [0.15, 0.2) is 0 Å².